The Morgan fingerprint density at radius 3 is 2.27 bits per heavy atom. The molecule has 0 aliphatic rings. The van der Waals surface area contributed by atoms with E-state index in [1.54, 1.807) is 36.4 Å². The Morgan fingerprint density at radius 2 is 1.73 bits per heavy atom. The fourth-order valence-electron chi connectivity index (χ4n) is 3.78. The normalized spacial score (nSPS) is 11.9. The molecule has 1 aromatic heterocycles. The Hall–Kier alpha value is -4.12. The van der Waals surface area contributed by atoms with E-state index >= 15 is 0 Å². The number of benzene rings is 2. The fraction of sp³-hybridized carbons (Fsp3) is 0.308. The molecule has 0 spiro atoms. The molecule has 3 amide bonds. The van der Waals surface area contributed by atoms with Crippen LogP contribution in [0.3, 0.4) is 0 Å². The van der Waals surface area contributed by atoms with Crippen molar-refractivity contribution in [1.29, 1.82) is 0 Å². The van der Waals surface area contributed by atoms with Gasteiger partial charge in [-0.3, -0.25) is 19.3 Å². The third-order valence-electron chi connectivity index (χ3n) is 5.38. The molecule has 196 valence electrons. The number of carbonyl (C=O) groups excluding carboxylic acids is 3. The van der Waals surface area contributed by atoms with Gasteiger partial charge in [-0.1, -0.05) is 18.2 Å². The summed E-state index contributed by atoms with van der Waals surface area (Å²) in [5, 5.41) is 2.97. The number of hydrogen-bond acceptors (Lipinski definition) is 8. The Morgan fingerprint density at radius 1 is 1.05 bits per heavy atom. The van der Waals surface area contributed by atoms with Crippen molar-refractivity contribution < 1.29 is 23.9 Å². The highest BCUT2D eigenvalue weighted by molar-refractivity contribution is 7.09. The van der Waals surface area contributed by atoms with Gasteiger partial charge in [0.15, 0.2) is 17.2 Å². The van der Waals surface area contributed by atoms with Gasteiger partial charge in [-0.15, -0.1) is 0 Å². The van der Waals surface area contributed by atoms with Gasteiger partial charge in [0.05, 0.1) is 19.9 Å². The number of hydrogen-bond donors (Lipinski definition) is 3. The van der Waals surface area contributed by atoms with Crippen molar-refractivity contribution in [3.63, 3.8) is 0 Å². The number of ether oxygens (including phenoxy) is 2. The summed E-state index contributed by atoms with van der Waals surface area (Å²) < 4.78 is 14.8. The van der Waals surface area contributed by atoms with E-state index in [4.69, 9.17) is 20.9 Å². The van der Waals surface area contributed by atoms with Gasteiger partial charge in [0.25, 0.3) is 11.8 Å². The second-order valence-corrected chi connectivity index (χ2v) is 10.2. The zero-order valence-corrected chi connectivity index (χ0v) is 22.4. The maximum atomic E-state index is 14.1. The molecule has 0 bridgehead atoms. The first-order chi connectivity index (χ1) is 17.4. The molecule has 2 aromatic carbocycles. The molecule has 0 saturated carbocycles. The molecular formula is C26H31N5O5S. The van der Waals surface area contributed by atoms with Crippen LogP contribution < -0.4 is 31.2 Å². The van der Waals surface area contributed by atoms with E-state index in [1.165, 1.54) is 19.1 Å². The summed E-state index contributed by atoms with van der Waals surface area (Å²) in [6.07, 6.45) is 0. The predicted molar refractivity (Wildman–Crippen MR) is 143 cm³/mol. The molecule has 0 radical (unpaired) electrons. The lowest BCUT2D eigenvalue weighted by Gasteiger charge is -2.34. The number of nitrogen functional groups attached to an aromatic ring is 1. The zero-order valence-electron chi connectivity index (χ0n) is 21.6. The lowest BCUT2D eigenvalue weighted by molar-refractivity contribution is -0.123. The lowest BCUT2D eigenvalue weighted by Crippen LogP contribution is -2.49. The van der Waals surface area contributed by atoms with E-state index in [2.05, 4.69) is 9.69 Å². The molecule has 0 fully saturated rings. The van der Waals surface area contributed by atoms with Crippen molar-refractivity contribution in [2.45, 2.75) is 39.3 Å². The first-order valence-corrected chi connectivity index (χ1v) is 12.1. The number of anilines is 2. The van der Waals surface area contributed by atoms with Crippen LogP contribution in [0.25, 0.3) is 0 Å². The summed E-state index contributed by atoms with van der Waals surface area (Å²) >= 11 is 0.748. The Labute approximate surface area is 219 Å². The maximum Gasteiger partial charge on any atom is 0.273 e. The summed E-state index contributed by atoms with van der Waals surface area (Å²) in [5.41, 5.74) is 12.3. The number of methoxy groups -OCH3 is 2. The molecule has 0 aliphatic heterocycles. The second kappa shape index (κ2) is 10.9. The minimum atomic E-state index is -1.15. The fourth-order valence-corrected chi connectivity index (χ4v) is 4.52. The minimum Gasteiger partial charge on any atom is -0.493 e. The Kier molecular flexibility index (Phi) is 8.07. The molecular weight excluding hydrogens is 494 g/mol. The number of nitrogens with zero attached hydrogens (tertiary/aromatic N) is 2. The molecule has 1 heterocycles. The molecule has 0 saturated heterocycles. The summed E-state index contributed by atoms with van der Waals surface area (Å²) in [4.78, 5) is 41.0. The number of aromatic nitrogens is 1. The summed E-state index contributed by atoms with van der Waals surface area (Å²) in [7, 11) is 2.99. The number of primary amides is 1. The highest BCUT2D eigenvalue weighted by Gasteiger charge is 2.37. The van der Waals surface area contributed by atoms with Gasteiger partial charge >= 0.3 is 0 Å². The molecule has 11 heteroatoms. The van der Waals surface area contributed by atoms with Crippen molar-refractivity contribution in [1.82, 2.24) is 9.69 Å². The summed E-state index contributed by atoms with van der Waals surface area (Å²) in [6.45, 7) is 7.40. The maximum absolute atomic E-state index is 14.1. The van der Waals surface area contributed by atoms with Crippen LogP contribution >= 0.6 is 11.5 Å². The van der Waals surface area contributed by atoms with Crippen LogP contribution in [0.2, 0.25) is 0 Å². The monoisotopic (exact) mass is 525 g/mol. The molecule has 10 nitrogen and oxygen atoms in total. The van der Waals surface area contributed by atoms with Crippen LogP contribution in [-0.2, 0) is 4.79 Å². The Balaban J connectivity index is 2.29. The van der Waals surface area contributed by atoms with Gasteiger partial charge < -0.3 is 26.3 Å². The third kappa shape index (κ3) is 6.00. The smallest absolute Gasteiger partial charge is 0.273 e. The van der Waals surface area contributed by atoms with E-state index in [0.717, 1.165) is 17.1 Å². The first kappa shape index (κ1) is 27.5. The molecule has 37 heavy (non-hydrogen) atoms. The number of rotatable bonds is 8. The van der Waals surface area contributed by atoms with Crippen molar-refractivity contribution >= 4 is 40.6 Å². The van der Waals surface area contributed by atoms with Crippen molar-refractivity contribution in [3.05, 3.63) is 64.2 Å². The highest BCUT2D eigenvalue weighted by Crippen LogP contribution is 2.37. The van der Waals surface area contributed by atoms with Gasteiger partial charge in [0, 0.05) is 11.2 Å². The highest BCUT2D eigenvalue weighted by atomic mass is 32.1. The Bertz CT molecular complexity index is 1330. The van der Waals surface area contributed by atoms with Gasteiger partial charge in [-0.2, -0.15) is 4.37 Å². The van der Waals surface area contributed by atoms with Crippen LogP contribution in [0.1, 0.15) is 58.1 Å². The number of nitrogens with one attached hydrogen (secondary N) is 1. The average molecular weight is 526 g/mol. The molecule has 1 atom stereocenters. The van der Waals surface area contributed by atoms with Crippen molar-refractivity contribution in [2.75, 3.05) is 24.9 Å². The zero-order chi connectivity index (χ0) is 27.5. The number of amides is 3. The van der Waals surface area contributed by atoms with Gasteiger partial charge in [-0.05, 0) is 74.6 Å². The number of nitrogens with two attached hydrogens (primary N) is 2. The lowest BCUT2D eigenvalue weighted by atomic mass is 9.99. The second-order valence-electron chi connectivity index (χ2n) is 9.41. The summed E-state index contributed by atoms with van der Waals surface area (Å²) in [6, 6.07) is 11.0. The van der Waals surface area contributed by atoms with Crippen LogP contribution in [0.5, 0.6) is 11.5 Å². The standard InChI is InChI=1S/C26H31N5O5S/c1-14-8-7-9-16(12-14)31(25(34)22-19(27)20(23(28)32)30-37-22)21(24(33)29-26(2,3)4)15-10-11-17(35-5)18(13-15)36-6/h7-13,21H,27H2,1-6H3,(H2,28,32)(H,29,33)/t21-/m1/s1. The first-order valence-electron chi connectivity index (χ1n) is 11.4. The third-order valence-corrected chi connectivity index (χ3v) is 6.23. The quantitative estimate of drug-likeness (QED) is 0.408. The molecule has 3 rings (SSSR count). The van der Waals surface area contributed by atoms with Crippen LogP contribution in [0, 0.1) is 6.92 Å². The van der Waals surface area contributed by atoms with Gasteiger partial charge in [0.2, 0.25) is 5.91 Å². The molecule has 0 unspecified atom stereocenters. The van der Waals surface area contributed by atoms with E-state index in [1.807, 2.05) is 33.8 Å². The predicted octanol–water partition coefficient (Wildman–Crippen LogP) is 3.45. The van der Waals surface area contributed by atoms with Gasteiger partial charge in [-0.25, -0.2) is 0 Å². The molecule has 0 aliphatic carbocycles. The van der Waals surface area contributed by atoms with Crippen LogP contribution in [-0.4, -0.2) is 41.9 Å². The minimum absolute atomic E-state index is 0.00987. The van der Waals surface area contributed by atoms with Crippen molar-refractivity contribution in [2.24, 2.45) is 5.73 Å². The average Bonchev–Trinajstić information content (AvgIpc) is 3.22. The number of carbonyl (C=O) groups is 3. The topological polar surface area (TPSA) is 150 Å². The van der Waals surface area contributed by atoms with Crippen LogP contribution in [0.15, 0.2) is 42.5 Å². The largest absolute Gasteiger partial charge is 0.493 e. The van der Waals surface area contributed by atoms with E-state index in [9.17, 15) is 14.4 Å². The van der Waals surface area contributed by atoms with E-state index < -0.39 is 29.3 Å². The van der Waals surface area contributed by atoms with Crippen LogP contribution in [0.4, 0.5) is 11.4 Å². The number of aryl methyl sites for hydroxylation is 1. The van der Waals surface area contributed by atoms with E-state index in [-0.39, 0.29) is 16.3 Å². The molecule has 3 aromatic rings. The molecule has 5 N–H and O–H groups in total. The van der Waals surface area contributed by atoms with E-state index in [0.29, 0.717) is 22.7 Å². The van der Waals surface area contributed by atoms with Crippen molar-refractivity contribution in [3.8, 4) is 11.5 Å². The van der Waals surface area contributed by atoms with Gasteiger partial charge in [0.1, 0.15) is 10.9 Å². The SMILES string of the molecule is COc1ccc([C@H](C(=O)NC(C)(C)C)N(C(=O)c2snc(C(N)=O)c2N)c2cccc(C)c2)cc1OC. The summed E-state index contributed by atoms with van der Waals surface area (Å²) in [5.74, 6) is -1.05.